The van der Waals surface area contributed by atoms with E-state index in [0.29, 0.717) is 11.5 Å². The Kier molecular flexibility index (Phi) is 5.62. The zero-order valence-corrected chi connectivity index (χ0v) is 12.3. The molecule has 1 amide bonds. The average molecular weight is 320 g/mol. The van der Waals surface area contributed by atoms with Gasteiger partial charge in [0.05, 0.1) is 13.3 Å². The predicted octanol–water partition coefficient (Wildman–Crippen LogP) is 2.50. The zero-order valence-electron chi connectivity index (χ0n) is 12.3. The summed E-state index contributed by atoms with van der Waals surface area (Å²) in [7, 11) is 1.49. The fourth-order valence-electron chi connectivity index (χ4n) is 1.69. The van der Waals surface area contributed by atoms with Crippen LogP contribution < -0.4 is 14.9 Å². The summed E-state index contributed by atoms with van der Waals surface area (Å²) in [5.41, 5.74) is 2.24. The van der Waals surface area contributed by atoms with E-state index < -0.39 is 17.5 Å². The molecule has 0 heterocycles. The van der Waals surface area contributed by atoms with Gasteiger partial charge in [0.25, 0.3) is 5.91 Å². The number of hydrazone groups is 1. The second-order valence-electron chi connectivity index (χ2n) is 4.40. The van der Waals surface area contributed by atoms with Gasteiger partial charge in [-0.15, -0.1) is 0 Å². The molecule has 0 radical (unpaired) electrons. The van der Waals surface area contributed by atoms with Crippen molar-refractivity contribution in [2.45, 2.75) is 0 Å². The normalized spacial score (nSPS) is 10.6. The maximum absolute atomic E-state index is 13.3. The number of amides is 1. The highest BCUT2D eigenvalue weighted by atomic mass is 19.1. The molecule has 0 unspecified atom stereocenters. The van der Waals surface area contributed by atoms with Crippen LogP contribution >= 0.6 is 0 Å². The lowest BCUT2D eigenvalue weighted by Gasteiger charge is -2.09. The molecule has 0 fully saturated rings. The summed E-state index contributed by atoms with van der Waals surface area (Å²) in [5, 5.41) is 3.59. The van der Waals surface area contributed by atoms with Crippen molar-refractivity contribution in [3.8, 4) is 11.5 Å². The lowest BCUT2D eigenvalue weighted by molar-refractivity contribution is -0.123. The van der Waals surface area contributed by atoms with Crippen molar-refractivity contribution in [3.63, 3.8) is 0 Å². The fraction of sp³-hybridized carbons (Fsp3) is 0.125. The number of nitrogens with one attached hydrogen (secondary N) is 1. The van der Waals surface area contributed by atoms with E-state index in [-0.39, 0.29) is 12.2 Å². The standard InChI is InChI=1S/C16H14F2N2O3/c1-22-14-4-2-3-5-15(14)23-10-16(21)20-19-9-11-6-7-12(17)8-13(11)18/h2-9H,10H2,1H3,(H,20,21)/b19-9-. The van der Waals surface area contributed by atoms with E-state index in [1.54, 1.807) is 24.3 Å². The van der Waals surface area contributed by atoms with Crippen molar-refractivity contribution in [3.05, 3.63) is 59.7 Å². The maximum atomic E-state index is 13.3. The van der Waals surface area contributed by atoms with Gasteiger partial charge in [0, 0.05) is 11.6 Å². The number of hydrogen-bond acceptors (Lipinski definition) is 4. The van der Waals surface area contributed by atoms with Crippen LogP contribution in [-0.4, -0.2) is 25.8 Å². The van der Waals surface area contributed by atoms with Crippen LogP contribution in [0.15, 0.2) is 47.6 Å². The predicted molar refractivity (Wildman–Crippen MR) is 80.6 cm³/mol. The van der Waals surface area contributed by atoms with E-state index in [1.807, 2.05) is 0 Å². The molecule has 2 aromatic carbocycles. The molecule has 120 valence electrons. The van der Waals surface area contributed by atoms with Crippen LogP contribution in [0.4, 0.5) is 8.78 Å². The minimum Gasteiger partial charge on any atom is -0.493 e. The molecule has 2 aromatic rings. The summed E-state index contributed by atoms with van der Waals surface area (Å²) in [4.78, 5) is 11.6. The van der Waals surface area contributed by atoms with Crippen LogP contribution in [-0.2, 0) is 4.79 Å². The topological polar surface area (TPSA) is 59.9 Å². The summed E-state index contributed by atoms with van der Waals surface area (Å²) in [6.45, 7) is -0.288. The van der Waals surface area contributed by atoms with Gasteiger partial charge in [-0.2, -0.15) is 5.10 Å². The first-order chi connectivity index (χ1) is 11.1. The van der Waals surface area contributed by atoms with Crippen LogP contribution in [0.25, 0.3) is 0 Å². The van der Waals surface area contributed by atoms with Crippen molar-refractivity contribution in [2.75, 3.05) is 13.7 Å². The molecule has 0 spiro atoms. The first kappa shape index (κ1) is 16.4. The van der Waals surface area contributed by atoms with Gasteiger partial charge in [-0.05, 0) is 24.3 Å². The smallest absolute Gasteiger partial charge is 0.277 e. The summed E-state index contributed by atoms with van der Waals surface area (Å²) >= 11 is 0. The fourth-order valence-corrected chi connectivity index (χ4v) is 1.69. The van der Waals surface area contributed by atoms with Gasteiger partial charge < -0.3 is 9.47 Å². The number of rotatable bonds is 6. The van der Waals surface area contributed by atoms with E-state index in [2.05, 4.69) is 10.5 Å². The Morgan fingerprint density at radius 1 is 1.22 bits per heavy atom. The second kappa shape index (κ2) is 7.88. The number of carbonyl (C=O) groups is 1. The molecule has 2 rings (SSSR count). The van der Waals surface area contributed by atoms with Crippen molar-refractivity contribution in [1.82, 2.24) is 5.43 Å². The second-order valence-corrected chi connectivity index (χ2v) is 4.40. The van der Waals surface area contributed by atoms with Gasteiger partial charge in [-0.25, -0.2) is 14.2 Å². The molecule has 5 nitrogen and oxygen atoms in total. The molecule has 0 bridgehead atoms. The Hall–Kier alpha value is -2.96. The van der Waals surface area contributed by atoms with E-state index in [0.717, 1.165) is 18.3 Å². The Balaban J connectivity index is 1.86. The highest BCUT2D eigenvalue weighted by Crippen LogP contribution is 2.25. The van der Waals surface area contributed by atoms with E-state index >= 15 is 0 Å². The van der Waals surface area contributed by atoms with E-state index in [4.69, 9.17) is 9.47 Å². The molecular formula is C16H14F2N2O3. The van der Waals surface area contributed by atoms with Gasteiger partial charge >= 0.3 is 0 Å². The van der Waals surface area contributed by atoms with Gasteiger partial charge in [0.1, 0.15) is 11.6 Å². The number of carbonyl (C=O) groups excluding carboxylic acids is 1. The molecule has 0 aliphatic carbocycles. The summed E-state index contributed by atoms with van der Waals surface area (Å²) in [5.74, 6) is -1.08. The maximum Gasteiger partial charge on any atom is 0.277 e. The molecule has 23 heavy (non-hydrogen) atoms. The number of nitrogens with zero attached hydrogens (tertiary/aromatic N) is 1. The van der Waals surface area contributed by atoms with Crippen molar-refractivity contribution < 1.29 is 23.0 Å². The first-order valence-corrected chi connectivity index (χ1v) is 6.63. The molecule has 1 N–H and O–H groups in total. The Morgan fingerprint density at radius 3 is 2.65 bits per heavy atom. The van der Waals surface area contributed by atoms with E-state index in [1.165, 1.54) is 13.2 Å². The van der Waals surface area contributed by atoms with Gasteiger partial charge in [0.2, 0.25) is 0 Å². The number of para-hydroxylation sites is 2. The van der Waals surface area contributed by atoms with Crippen LogP contribution in [0.1, 0.15) is 5.56 Å². The van der Waals surface area contributed by atoms with Crippen molar-refractivity contribution in [2.24, 2.45) is 5.10 Å². The number of benzene rings is 2. The first-order valence-electron chi connectivity index (χ1n) is 6.63. The highest BCUT2D eigenvalue weighted by molar-refractivity contribution is 5.83. The molecule has 0 saturated carbocycles. The molecular weight excluding hydrogens is 306 g/mol. The molecule has 0 saturated heterocycles. The lowest BCUT2D eigenvalue weighted by atomic mass is 10.2. The van der Waals surface area contributed by atoms with E-state index in [9.17, 15) is 13.6 Å². The quantitative estimate of drug-likeness (QED) is 0.657. The molecule has 0 aliphatic heterocycles. The molecule has 7 heteroatoms. The monoisotopic (exact) mass is 320 g/mol. The third kappa shape index (κ3) is 4.77. The largest absolute Gasteiger partial charge is 0.493 e. The van der Waals surface area contributed by atoms with Gasteiger partial charge in [0.15, 0.2) is 18.1 Å². The highest BCUT2D eigenvalue weighted by Gasteiger charge is 2.06. The van der Waals surface area contributed by atoms with Crippen LogP contribution in [0, 0.1) is 11.6 Å². The number of hydrogen-bond donors (Lipinski definition) is 1. The van der Waals surface area contributed by atoms with Crippen LogP contribution in [0.3, 0.4) is 0 Å². The number of methoxy groups -OCH3 is 1. The Labute approximate surface area is 131 Å². The molecule has 0 aromatic heterocycles. The van der Waals surface area contributed by atoms with Gasteiger partial charge in [-0.3, -0.25) is 4.79 Å². The average Bonchev–Trinajstić information content (AvgIpc) is 2.55. The lowest BCUT2D eigenvalue weighted by Crippen LogP contribution is -2.24. The summed E-state index contributed by atoms with van der Waals surface area (Å²) in [6, 6.07) is 9.90. The SMILES string of the molecule is COc1ccccc1OCC(=O)N/N=C\c1ccc(F)cc1F. The Morgan fingerprint density at radius 2 is 1.96 bits per heavy atom. The number of ether oxygens (including phenoxy) is 2. The third-order valence-electron chi connectivity index (χ3n) is 2.78. The minimum atomic E-state index is -0.770. The third-order valence-corrected chi connectivity index (χ3v) is 2.78. The minimum absolute atomic E-state index is 0.0531. The van der Waals surface area contributed by atoms with Crippen molar-refractivity contribution in [1.29, 1.82) is 0 Å². The van der Waals surface area contributed by atoms with Gasteiger partial charge in [-0.1, -0.05) is 12.1 Å². The number of halogens is 2. The van der Waals surface area contributed by atoms with Crippen molar-refractivity contribution >= 4 is 12.1 Å². The summed E-state index contributed by atoms with van der Waals surface area (Å²) in [6.07, 6.45) is 1.08. The molecule has 0 aliphatic rings. The molecule has 0 atom stereocenters. The zero-order chi connectivity index (χ0) is 16.7. The van der Waals surface area contributed by atoms with Crippen LogP contribution in [0.2, 0.25) is 0 Å². The van der Waals surface area contributed by atoms with Crippen LogP contribution in [0.5, 0.6) is 11.5 Å². The summed E-state index contributed by atoms with van der Waals surface area (Å²) < 4.78 is 36.5. The Bertz CT molecular complexity index is 720.